The lowest BCUT2D eigenvalue weighted by molar-refractivity contribution is -0.114. The molecule has 4 aromatic rings. The van der Waals surface area contributed by atoms with Crippen LogP contribution < -0.4 is 0 Å². The van der Waals surface area contributed by atoms with E-state index in [1.165, 1.54) is 0 Å². The predicted molar refractivity (Wildman–Crippen MR) is 244 cm³/mol. The van der Waals surface area contributed by atoms with Gasteiger partial charge in [0.2, 0.25) is 0 Å². The smallest absolute Gasteiger partial charge is 0.186 e. The third-order valence-corrected chi connectivity index (χ3v) is 11.9. The fourth-order valence-electron chi connectivity index (χ4n) is 6.93. The van der Waals surface area contributed by atoms with Crippen molar-refractivity contribution in [1.29, 1.82) is 0 Å². The van der Waals surface area contributed by atoms with Gasteiger partial charge in [0.15, 0.2) is 11.6 Å². The number of allylic oxidation sites excluding steroid dienone is 10. The molecule has 0 fully saturated rings. The summed E-state index contributed by atoms with van der Waals surface area (Å²) in [5.74, 6) is 0.191. The highest BCUT2D eigenvalue weighted by atomic mass is 32.1. The second-order valence-electron chi connectivity index (χ2n) is 19.0. The van der Waals surface area contributed by atoms with Crippen molar-refractivity contribution in [1.82, 2.24) is 0 Å². The Hall–Kier alpha value is -5.18. The van der Waals surface area contributed by atoms with Crippen LogP contribution >= 0.6 is 22.7 Å². The molecule has 2 heterocycles. The minimum Gasteiger partial charge on any atom is -0.289 e. The van der Waals surface area contributed by atoms with E-state index < -0.39 is 0 Å². The fourth-order valence-corrected chi connectivity index (χ4v) is 8.45. The van der Waals surface area contributed by atoms with E-state index in [1.807, 2.05) is 36.4 Å². The van der Waals surface area contributed by atoms with Crippen LogP contribution in [0.3, 0.4) is 0 Å². The molecular weight excluding hydrogens is 753 g/mol. The van der Waals surface area contributed by atoms with Crippen molar-refractivity contribution in [3.8, 4) is 32.0 Å². The Balaban J connectivity index is 1.37. The van der Waals surface area contributed by atoms with E-state index in [1.54, 1.807) is 35.1 Å². The molecule has 0 atom stereocenters. The second kappa shape index (κ2) is 16.2. The summed E-state index contributed by atoms with van der Waals surface area (Å²) < 4.78 is 0. The highest BCUT2D eigenvalue weighted by molar-refractivity contribution is 7.14. The molecule has 0 saturated heterocycles. The van der Waals surface area contributed by atoms with Gasteiger partial charge in [-0.15, -0.1) is 22.7 Å². The fraction of sp³-hybridized carbons (Fsp3) is 0.320. The van der Waals surface area contributed by atoms with Crippen LogP contribution in [0.4, 0.5) is 11.4 Å². The van der Waals surface area contributed by atoms with Crippen molar-refractivity contribution < 1.29 is 9.59 Å². The maximum atomic E-state index is 13.4. The lowest BCUT2D eigenvalue weighted by Crippen LogP contribution is -2.27. The topological polar surface area (TPSA) is 83.6 Å². The number of benzene rings is 2. The molecule has 2 aromatic heterocycles. The van der Waals surface area contributed by atoms with E-state index in [0.717, 1.165) is 76.8 Å². The summed E-state index contributed by atoms with van der Waals surface area (Å²) >= 11 is 3.36. The van der Waals surface area contributed by atoms with Crippen LogP contribution in [0.1, 0.15) is 83.1 Å². The monoisotopic (exact) mass is 806 g/mol. The SMILES string of the molecule is CC(C)(C)C1=CC(=C/N=N/c2ccc(-c3ccc(/N=N/C=C4C=C(C(C)(C)C)C(=O)C(C(C)(C)C)=C4)cc3-c3cccs3)c(-c3cccs3)c2)C=C(C(C)(C)C)C1=O. The zero-order chi connectivity index (χ0) is 42.2. The van der Waals surface area contributed by atoms with Gasteiger partial charge in [-0.2, -0.15) is 20.5 Å². The van der Waals surface area contributed by atoms with Gasteiger partial charge in [-0.3, -0.25) is 9.59 Å². The molecule has 2 aliphatic carbocycles. The molecule has 6 rings (SSSR count). The summed E-state index contributed by atoms with van der Waals surface area (Å²) in [5.41, 5.74) is 9.31. The van der Waals surface area contributed by atoms with Crippen molar-refractivity contribution in [2.24, 2.45) is 42.1 Å². The summed E-state index contributed by atoms with van der Waals surface area (Å²) in [4.78, 5) is 29.1. The quantitative estimate of drug-likeness (QED) is 0.174. The molecule has 0 radical (unpaired) electrons. The molecule has 6 nitrogen and oxygen atoms in total. The van der Waals surface area contributed by atoms with Gasteiger partial charge in [-0.25, -0.2) is 0 Å². The summed E-state index contributed by atoms with van der Waals surface area (Å²) in [7, 11) is 0. The maximum absolute atomic E-state index is 13.4. The van der Waals surface area contributed by atoms with Crippen LogP contribution in [0.25, 0.3) is 32.0 Å². The van der Waals surface area contributed by atoms with Gasteiger partial charge < -0.3 is 0 Å². The highest BCUT2D eigenvalue weighted by Gasteiger charge is 2.35. The maximum Gasteiger partial charge on any atom is 0.186 e. The van der Waals surface area contributed by atoms with Gasteiger partial charge in [0, 0.05) is 43.2 Å². The number of ketones is 2. The number of nitrogens with zero attached hydrogens (tertiary/aromatic N) is 4. The van der Waals surface area contributed by atoms with Crippen molar-refractivity contribution >= 4 is 45.6 Å². The summed E-state index contributed by atoms with van der Waals surface area (Å²) in [6, 6.07) is 20.8. The molecule has 2 aromatic carbocycles. The number of hydrogen-bond donors (Lipinski definition) is 0. The third kappa shape index (κ3) is 9.57. The Bertz CT molecular complexity index is 2240. The first kappa shape index (κ1) is 42.4. The number of thiophene rings is 2. The van der Waals surface area contributed by atoms with Gasteiger partial charge in [-0.05, 0) is 115 Å². The highest BCUT2D eigenvalue weighted by Crippen LogP contribution is 2.45. The number of azo groups is 2. The number of carbonyl (C=O) groups is 2. The molecule has 0 aliphatic heterocycles. The average Bonchev–Trinajstić information content (AvgIpc) is 3.87. The summed E-state index contributed by atoms with van der Waals surface area (Å²) in [6.07, 6.45) is 11.3. The van der Waals surface area contributed by atoms with Crippen LogP contribution in [-0.4, -0.2) is 11.6 Å². The zero-order valence-corrected chi connectivity index (χ0v) is 37.4. The van der Waals surface area contributed by atoms with E-state index in [0.29, 0.717) is 0 Å². The lowest BCUT2D eigenvalue weighted by Gasteiger charge is -2.31. The average molecular weight is 807 g/mol. The molecule has 0 bridgehead atoms. The second-order valence-corrected chi connectivity index (χ2v) is 20.9. The molecule has 0 amide bonds. The lowest BCUT2D eigenvalue weighted by atomic mass is 9.72. The molecular formula is C50H54N4O2S2. The van der Waals surface area contributed by atoms with Crippen LogP contribution in [-0.2, 0) is 9.59 Å². The molecule has 2 aliphatic rings. The molecule has 0 saturated carbocycles. The van der Waals surface area contributed by atoms with E-state index >= 15 is 0 Å². The Labute approximate surface area is 352 Å². The Kier molecular flexibility index (Phi) is 11.9. The first-order valence-corrected chi connectivity index (χ1v) is 21.4. The molecule has 0 unspecified atom stereocenters. The van der Waals surface area contributed by atoms with Crippen LogP contribution in [0.15, 0.2) is 162 Å². The zero-order valence-electron chi connectivity index (χ0n) is 35.8. The Morgan fingerprint density at radius 2 is 0.776 bits per heavy atom. The van der Waals surface area contributed by atoms with Crippen molar-refractivity contribution in [3.05, 3.63) is 142 Å². The normalized spacial score (nSPS) is 15.9. The number of rotatable bonds is 7. The van der Waals surface area contributed by atoms with Crippen LogP contribution in [0, 0.1) is 21.7 Å². The van der Waals surface area contributed by atoms with Crippen LogP contribution in [0.2, 0.25) is 0 Å². The van der Waals surface area contributed by atoms with Gasteiger partial charge in [0.25, 0.3) is 0 Å². The Morgan fingerprint density at radius 1 is 0.448 bits per heavy atom. The van der Waals surface area contributed by atoms with Crippen LogP contribution in [0.5, 0.6) is 0 Å². The van der Waals surface area contributed by atoms with Crippen molar-refractivity contribution in [3.63, 3.8) is 0 Å². The first-order valence-electron chi connectivity index (χ1n) is 19.7. The van der Waals surface area contributed by atoms with Crippen molar-refractivity contribution in [2.45, 2.75) is 83.1 Å². The van der Waals surface area contributed by atoms with Gasteiger partial charge in [-0.1, -0.05) is 107 Å². The van der Waals surface area contributed by atoms with E-state index in [2.05, 4.69) is 163 Å². The molecule has 298 valence electrons. The minimum atomic E-state index is -0.302. The minimum absolute atomic E-state index is 0.0954. The first-order chi connectivity index (χ1) is 27.1. The molecule has 0 spiro atoms. The molecule has 58 heavy (non-hydrogen) atoms. The number of hydrogen-bond acceptors (Lipinski definition) is 8. The summed E-state index contributed by atoms with van der Waals surface area (Å²) in [6.45, 7) is 24.8. The third-order valence-electron chi connectivity index (χ3n) is 10.1. The standard InChI is InChI=1S/C50H54N4O2S2/c1-47(2,3)39-23-31(24-40(45(39)55)48(4,5)6)29-51-53-33-17-19-35(37(27-33)43-15-13-21-57-43)36-20-18-34(28-38(36)44-16-14-22-58-44)54-52-30-32-25-41(49(7,8)9)46(56)42(26-32)50(10,11)12/h13-30H,1-12H3/b53-51+,54-52+. The van der Waals surface area contributed by atoms with Gasteiger partial charge in [0.05, 0.1) is 23.8 Å². The number of Topliss-reactive ketones (excluding diaryl/α,β-unsaturated/α-hetero) is 2. The van der Waals surface area contributed by atoms with Gasteiger partial charge >= 0.3 is 0 Å². The largest absolute Gasteiger partial charge is 0.289 e. The predicted octanol–water partition coefficient (Wildman–Crippen LogP) is 15.8. The van der Waals surface area contributed by atoms with Gasteiger partial charge in [0.1, 0.15) is 0 Å². The Morgan fingerprint density at radius 3 is 1.05 bits per heavy atom. The van der Waals surface area contributed by atoms with Crippen molar-refractivity contribution in [2.75, 3.05) is 0 Å². The van der Waals surface area contributed by atoms with E-state index in [4.69, 9.17) is 0 Å². The summed E-state index contributed by atoms with van der Waals surface area (Å²) in [5, 5.41) is 22.5. The molecule has 8 heteroatoms. The van der Waals surface area contributed by atoms with E-state index in [9.17, 15) is 9.59 Å². The number of carbonyl (C=O) groups excluding carboxylic acids is 2. The van der Waals surface area contributed by atoms with E-state index in [-0.39, 0.29) is 33.2 Å². The molecule has 0 N–H and O–H groups in total.